The van der Waals surface area contributed by atoms with Gasteiger partial charge in [0, 0.05) is 23.2 Å². The molecule has 0 amide bonds. The molecular formula is C22H18ClFN4OS2. The molecule has 158 valence electrons. The number of ether oxygens (including phenoxy) is 1. The molecule has 0 N–H and O–H groups in total. The molecule has 2 aromatic heterocycles. The number of thiazole rings is 1. The number of para-hydroxylation sites is 1. The summed E-state index contributed by atoms with van der Waals surface area (Å²) in [6.45, 7) is 4.43. The van der Waals surface area contributed by atoms with Crippen molar-refractivity contribution in [2.75, 3.05) is 0 Å². The quantitative estimate of drug-likeness (QED) is 0.213. The van der Waals surface area contributed by atoms with Crippen LogP contribution in [-0.2, 0) is 18.9 Å². The van der Waals surface area contributed by atoms with Gasteiger partial charge in [0.2, 0.25) is 0 Å². The Labute approximate surface area is 192 Å². The van der Waals surface area contributed by atoms with Crippen LogP contribution in [-0.4, -0.2) is 19.7 Å². The van der Waals surface area contributed by atoms with Gasteiger partial charge in [0.1, 0.15) is 11.6 Å². The van der Waals surface area contributed by atoms with E-state index in [1.54, 1.807) is 35.6 Å². The molecule has 2 heterocycles. The van der Waals surface area contributed by atoms with E-state index in [9.17, 15) is 4.39 Å². The Hall–Kier alpha value is -2.68. The third kappa shape index (κ3) is 5.15. The summed E-state index contributed by atoms with van der Waals surface area (Å²) in [6, 6.07) is 13.9. The van der Waals surface area contributed by atoms with Gasteiger partial charge in [0.25, 0.3) is 0 Å². The number of benzene rings is 2. The van der Waals surface area contributed by atoms with Gasteiger partial charge in [-0.25, -0.2) is 9.37 Å². The Kier molecular flexibility index (Phi) is 7.01. The highest BCUT2D eigenvalue weighted by Crippen LogP contribution is 2.32. The highest BCUT2D eigenvalue weighted by molar-refractivity contribution is 7.98. The van der Waals surface area contributed by atoms with Crippen molar-refractivity contribution in [2.24, 2.45) is 0 Å². The molecule has 5 nitrogen and oxygen atoms in total. The minimum absolute atomic E-state index is 0.107. The van der Waals surface area contributed by atoms with E-state index in [4.69, 9.17) is 21.3 Å². The first-order valence-electron chi connectivity index (χ1n) is 9.38. The normalized spacial score (nSPS) is 10.9. The molecule has 0 unspecified atom stereocenters. The van der Waals surface area contributed by atoms with Crippen molar-refractivity contribution in [1.29, 1.82) is 0 Å². The average molecular weight is 473 g/mol. The Bertz CT molecular complexity index is 1190. The molecule has 0 atom stereocenters. The average Bonchev–Trinajstić information content (AvgIpc) is 3.39. The van der Waals surface area contributed by atoms with Crippen molar-refractivity contribution < 1.29 is 9.13 Å². The fraction of sp³-hybridized carbons (Fsp3) is 0.136. The second-order valence-electron chi connectivity index (χ2n) is 6.43. The standard InChI is InChI=1S/C22H18ClFN4OS2/c1-2-11-28-20(12-29-19-10-6-5-9-18(19)24)26-27-22(28)31-14-15-13-30-21(25-15)16-7-3-4-8-17(16)23/h2-10,13H,1,11-12,14H2. The molecule has 0 aliphatic rings. The molecule has 0 saturated carbocycles. The molecule has 0 aliphatic heterocycles. The number of allylic oxidation sites excluding steroid dienone is 1. The molecule has 0 radical (unpaired) electrons. The monoisotopic (exact) mass is 472 g/mol. The number of aromatic nitrogens is 4. The van der Waals surface area contributed by atoms with Gasteiger partial charge in [0.15, 0.2) is 22.5 Å². The summed E-state index contributed by atoms with van der Waals surface area (Å²) in [5.74, 6) is 0.995. The van der Waals surface area contributed by atoms with Crippen LogP contribution >= 0.6 is 34.7 Å². The number of hydrogen-bond donors (Lipinski definition) is 0. The van der Waals surface area contributed by atoms with E-state index in [1.807, 2.05) is 34.2 Å². The Morgan fingerprint density at radius 1 is 1.16 bits per heavy atom. The first-order valence-corrected chi connectivity index (χ1v) is 11.6. The molecule has 0 fully saturated rings. The zero-order valence-corrected chi connectivity index (χ0v) is 18.8. The lowest BCUT2D eigenvalue weighted by atomic mass is 10.2. The Morgan fingerprint density at radius 2 is 1.97 bits per heavy atom. The van der Waals surface area contributed by atoms with Gasteiger partial charge in [-0.1, -0.05) is 59.8 Å². The third-order valence-electron chi connectivity index (χ3n) is 4.30. The molecule has 4 rings (SSSR count). The molecular weight excluding hydrogens is 455 g/mol. The first kappa shape index (κ1) is 21.5. The van der Waals surface area contributed by atoms with Crippen LogP contribution in [0.5, 0.6) is 5.75 Å². The van der Waals surface area contributed by atoms with Gasteiger partial charge in [0.05, 0.1) is 10.7 Å². The minimum atomic E-state index is -0.412. The number of nitrogens with zero attached hydrogens (tertiary/aromatic N) is 4. The fourth-order valence-electron chi connectivity index (χ4n) is 2.82. The number of halogens is 2. The van der Waals surface area contributed by atoms with Crippen molar-refractivity contribution in [1.82, 2.24) is 19.7 Å². The SMILES string of the molecule is C=CCn1c(COc2ccccc2F)nnc1SCc1csc(-c2ccccc2Cl)n1. The van der Waals surface area contributed by atoms with Gasteiger partial charge >= 0.3 is 0 Å². The summed E-state index contributed by atoms with van der Waals surface area (Å²) in [7, 11) is 0. The zero-order chi connectivity index (χ0) is 21.6. The third-order valence-corrected chi connectivity index (χ3v) is 6.56. The van der Waals surface area contributed by atoms with Crippen LogP contribution in [0.2, 0.25) is 5.02 Å². The maximum Gasteiger partial charge on any atom is 0.191 e. The van der Waals surface area contributed by atoms with Gasteiger partial charge in [-0.2, -0.15) is 0 Å². The lowest BCUT2D eigenvalue weighted by Gasteiger charge is -2.09. The highest BCUT2D eigenvalue weighted by Gasteiger charge is 2.15. The topological polar surface area (TPSA) is 52.8 Å². The van der Waals surface area contributed by atoms with Crippen LogP contribution in [0, 0.1) is 5.82 Å². The van der Waals surface area contributed by atoms with Crippen molar-refractivity contribution in [3.63, 3.8) is 0 Å². The molecule has 9 heteroatoms. The molecule has 0 bridgehead atoms. The van der Waals surface area contributed by atoms with Crippen molar-refractivity contribution >= 4 is 34.7 Å². The van der Waals surface area contributed by atoms with Gasteiger partial charge in [-0.3, -0.25) is 4.57 Å². The molecule has 2 aromatic carbocycles. The van der Waals surface area contributed by atoms with Gasteiger partial charge in [-0.05, 0) is 18.2 Å². The van der Waals surface area contributed by atoms with Crippen LogP contribution in [0.15, 0.2) is 71.7 Å². The van der Waals surface area contributed by atoms with E-state index in [0.29, 0.717) is 23.1 Å². The predicted octanol–water partition coefficient (Wildman–Crippen LogP) is 6.25. The lowest BCUT2D eigenvalue weighted by Crippen LogP contribution is -2.08. The Morgan fingerprint density at radius 3 is 2.77 bits per heavy atom. The summed E-state index contributed by atoms with van der Waals surface area (Å²) in [4.78, 5) is 4.69. The van der Waals surface area contributed by atoms with Crippen LogP contribution in [0.1, 0.15) is 11.5 Å². The smallest absolute Gasteiger partial charge is 0.191 e. The molecule has 0 aliphatic carbocycles. The van der Waals surface area contributed by atoms with E-state index in [2.05, 4.69) is 16.8 Å². The largest absolute Gasteiger partial charge is 0.483 e. The van der Waals surface area contributed by atoms with Crippen molar-refractivity contribution in [3.8, 4) is 16.3 Å². The molecule has 31 heavy (non-hydrogen) atoms. The second-order valence-corrected chi connectivity index (χ2v) is 8.64. The summed E-state index contributed by atoms with van der Waals surface area (Å²) in [5, 5.41) is 12.8. The summed E-state index contributed by atoms with van der Waals surface area (Å²) in [5.41, 5.74) is 1.86. The number of rotatable bonds is 9. The predicted molar refractivity (Wildman–Crippen MR) is 123 cm³/mol. The van der Waals surface area contributed by atoms with E-state index in [0.717, 1.165) is 21.4 Å². The number of thioether (sulfide) groups is 1. The highest BCUT2D eigenvalue weighted by atomic mass is 35.5. The van der Waals surface area contributed by atoms with Gasteiger partial charge < -0.3 is 4.74 Å². The van der Waals surface area contributed by atoms with Crippen LogP contribution in [0.25, 0.3) is 10.6 Å². The molecule has 4 aromatic rings. The van der Waals surface area contributed by atoms with Crippen molar-refractivity contribution in [2.45, 2.75) is 24.1 Å². The van der Waals surface area contributed by atoms with Crippen LogP contribution < -0.4 is 4.74 Å². The van der Waals surface area contributed by atoms with Crippen LogP contribution in [0.3, 0.4) is 0 Å². The Balaban J connectivity index is 1.45. The van der Waals surface area contributed by atoms with E-state index >= 15 is 0 Å². The summed E-state index contributed by atoms with van der Waals surface area (Å²) < 4.78 is 21.3. The van der Waals surface area contributed by atoms with E-state index in [-0.39, 0.29) is 12.4 Å². The summed E-state index contributed by atoms with van der Waals surface area (Å²) in [6.07, 6.45) is 1.76. The fourth-order valence-corrected chi connectivity index (χ4v) is 4.92. The van der Waals surface area contributed by atoms with Crippen molar-refractivity contribution in [3.05, 3.63) is 88.9 Å². The summed E-state index contributed by atoms with van der Waals surface area (Å²) >= 11 is 9.36. The zero-order valence-electron chi connectivity index (χ0n) is 16.4. The van der Waals surface area contributed by atoms with Gasteiger partial charge in [-0.15, -0.1) is 28.1 Å². The maximum absolute atomic E-state index is 13.8. The number of hydrogen-bond acceptors (Lipinski definition) is 6. The van der Waals surface area contributed by atoms with E-state index in [1.165, 1.54) is 17.8 Å². The lowest BCUT2D eigenvalue weighted by molar-refractivity contribution is 0.275. The molecule has 0 spiro atoms. The maximum atomic E-state index is 13.8. The minimum Gasteiger partial charge on any atom is -0.483 e. The van der Waals surface area contributed by atoms with E-state index < -0.39 is 5.82 Å². The van der Waals surface area contributed by atoms with Crippen LogP contribution in [0.4, 0.5) is 4.39 Å². The first-order chi connectivity index (χ1) is 15.2. The molecule has 0 saturated heterocycles. The second kappa shape index (κ2) is 10.1.